The molecule has 0 bridgehead atoms. The Bertz CT molecular complexity index is 425. The van der Waals surface area contributed by atoms with Crippen molar-refractivity contribution >= 4 is 27.5 Å². The van der Waals surface area contributed by atoms with Crippen LogP contribution in [0.25, 0.3) is 0 Å². The van der Waals surface area contributed by atoms with Gasteiger partial charge in [0, 0.05) is 11.0 Å². The van der Waals surface area contributed by atoms with Crippen LogP contribution < -0.4 is 11.1 Å². The zero-order valence-electron chi connectivity index (χ0n) is 10.6. The van der Waals surface area contributed by atoms with E-state index in [-0.39, 0.29) is 18.3 Å². The summed E-state index contributed by atoms with van der Waals surface area (Å²) in [4.78, 5) is 12.3. The second-order valence-electron chi connectivity index (χ2n) is 4.27. The highest BCUT2D eigenvalue weighted by atomic mass is 79.9. The van der Waals surface area contributed by atoms with Gasteiger partial charge in [-0.3, -0.25) is 4.79 Å². The monoisotopic (exact) mass is 316 g/mol. The predicted molar refractivity (Wildman–Crippen MR) is 74.8 cm³/mol. The molecule has 0 aliphatic rings. The zero-order chi connectivity index (χ0) is 13.8. The van der Waals surface area contributed by atoms with Gasteiger partial charge >= 0.3 is 0 Å². The van der Waals surface area contributed by atoms with Crippen LogP contribution in [0.3, 0.4) is 0 Å². The summed E-state index contributed by atoms with van der Waals surface area (Å²) in [6.45, 7) is 4.13. The molecule has 0 saturated carbocycles. The molecule has 1 aromatic carbocycles. The topological polar surface area (TPSA) is 55.1 Å². The van der Waals surface area contributed by atoms with Gasteiger partial charge in [-0.2, -0.15) is 0 Å². The number of rotatable bonds is 5. The molecule has 0 aromatic heterocycles. The lowest BCUT2D eigenvalue weighted by atomic mass is 9.81. The first-order valence-corrected chi connectivity index (χ1v) is 6.75. The molecule has 0 spiro atoms. The average Bonchev–Trinajstić information content (AvgIpc) is 2.37. The summed E-state index contributed by atoms with van der Waals surface area (Å²) in [5, 5.41) is 2.74. The number of nitrogens with one attached hydrogen (secondary N) is 1. The highest BCUT2D eigenvalue weighted by Gasteiger charge is 2.33. The Balaban J connectivity index is 2.96. The van der Waals surface area contributed by atoms with E-state index in [9.17, 15) is 9.18 Å². The van der Waals surface area contributed by atoms with Crippen molar-refractivity contribution in [2.24, 2.45) is 11.1 Å². The minimum absolute atomic E-state index is 0.165. The first-order valence-electron chi connectivity index (χ1n) is 5.95. The number of halogens is 2. The fraction of sp³-hybridized carbons (Fsp3) is 0.462. The van der Waals surface area contributed by atoms with Crippen LogP contribution in [-0.2, 0) is 4.79 Å². The third-order valence-corrected chi connectivity index (χ3v) is 4.09. The maximum absolute atomic E-state index is 13.1. The van der Waals surface area contributed by atoms with Crippen molar-refractivity contribution in [2.45, 2.75) is 26.7 Å². The van der Waals surface area contributed by atoms with Gasteiger partial charge in [0.25, 0.3) is 0 Å². The van der Waals surface area contributed by atoms with E-state index >= 15 is 0 Å². The lowest BCUT2D eigenvalue weighted by molar-refractivity contribution is -0.125. The molecular formula is C13H18BrFN2O. The lowest BCUT2D eigenvalue weighted by Crippen LogP contribution is -2.41. The molecule has 0 saturated heterocycles. The van der Waals surface area contributed by atoms with Crippen LogP contribution in [0.2, 0.25) is 0 Å². The molecule has 3 N–H and O–H groups in total. The Morgan fingerprint density at radius 3 is 2.56 bits per heavy atom. The summed E-state index contributed by atoms with van der Waals surface area (Å²) in [5.41, 5.74) is 5.54. The zero-order valence-corrected chi connectivity index (χ0v) is 12.2. The molecule has 5 heteroatoms. The molecule has 0 fully saturated rings. The quantitative estimate of drug-likeness (QED) is 0.875. The number of benzene rings is 1. The second-order valence-corrected chi connectivity index (χ2v) is 5.12. The van der Waals surface area contributed by atoms with Crippen molar-refractivity contribution in [2.75, 3.05) is 11.9 Å². The normalized spacial score (nSPS) is 11.4. The molecule has 1 rings (SSSR count). The lowest BCUT2D eigenvalue weighted by Gasteiger charge is -2.28. The van der Waals surface area contributed by atoms with Crippen molar-refractivity contribution < 1.29 is 9.18 Å². The Morgan fingerprint density at radius 1 is 1.44 bits per heavy atom. The van der Waals surface area contributed by atoms with Crippen molar-refractivity contribution in [3.05, 3.63) is 28.5 Å². The van der Waals surface area contributed by atoms with Crippen molar-refractivity contribution in [3.8, 4) is 0 Å². The maximum Gasteiger partial charge on any atom is 0.231 e. The van der Waals surface area contributed by atoms with Crippen LogP contribution in [0.1, 0.15) is 26.7 Å². The largest absolute Gasteiger partial charge is 0.329 e. The molecule has 1 aromatic rings. The van der Waals surface area contributed by atoms with E-state index in [0.717, 1.165) is 0 Å². The maximum atomic E-state index is 13.1. The number of carbonyl (C=O) groups is 1. The van der Waals surface area contributed by atoms with E-state index in [2.05, 4.69) is 21.2 Å². The average molecular weight is 317 g/mol. The van der Waals surface area contributed by atoms with E-state index in [1.807, 2.05) is 13.8 Å². The van der Waals surface area contributed by atoms with Gasteiger partial charge in [0.1, 0.15) is 5.82 Å². The Morgan fingerprint density at radius 2 is 2.06 bits per heavy atom. The summed E-state index contributed by atoms with van der Waals surface area (Å²) in [6, 6.07) is 4.18. The molecule has 18 heavy (non-hydrogen) atoms. The van der Waals surface area contributed by atoms with Crippen molar-refractivity contribution in [3.63, 3.8) is 0 Å². The highest BCUT2D eigenvalue weighted by molar-refractivity contribution is 9.10. The van der Waals surface area contributed by atoms with Crippen LogP contribution in [0.15, 0.2) is 22.7 Å². The molecule has 100 valence electrons. The minimum atomic E-state index is -0.592. The fourth-order valence-corrected chi connectivity index (χ4v) is 2.15. The van der Waals surface area contributed by atoms with E-state index < -0.39 is 5.41 Å². The van der Waals surface area contributed by atoms with E-state index in [4.69, 9.17) is 5.73 Å². The van der Waals surface area contributed by atoms with Crippen molar-refractivity contribution in [1.82, 2.24) is 0 Å². The Kier molecular flexibility index (Phi) is 5.28. The smallest absolute Gasteiger partial charge is 0.231 e. The molecule has 0 aliphatic carbocycles. The first kappa shape index (κ1) is 15.1. The number of anilines is 1. The molecule has 0 heterocycles. The Hall–Kier alpha value is -0.940. The van der Waals surface area contributed by atoms with Gasteiger partial charge < -0.3 is 11.1 Å². The predicted octanol–water partition coefficient (Wildman–Crippen LogP) is 3.29. The number of nitrogens with two attached hydrogens (primary N) is 1. The van der Waals surface area contributed by atoms with Gasteiger partial charge in [-0.05, 0) is 47.0 Å². The summed E-state index contributed by atoms with van der Waals surface area (Å²) >= 11 is 3.28. The number of carbonyl (C=O) groups excluding carboxylic acids is 1. The third-order valence-electron chi connectivity index (χ3n) is 3.40. The molecule has 0 radical (unpaired) electrons. The van der Waals surface area contributed by atoms with Gasteiger partial charge in [-0.1, -0.05) is 13.8 Å². The molecule has 0 unspecified atom stereocenters. The van der Waals surface area contributed by atoms with E-state index in [1.165, 1.54) is 12.1 Å². The Labute approximate surface area is 115 Å². The van der Waals surface area contributed by atoms with E-state index in [1.54, 1.807) is 6.07 Å². The van der Waals surface area contributed by atoms with Gasteiger partial charge in [0.15, 0.2) is 0 Å². The summed E-state index contributed by atoms with van der Waals surface area (Å²) in [5.74, 6) is -0.554. The molecule has 3 nitrogen and oxygen atoms in total. The van der Waals surface area contributed by atoms with Crippen molar-refractivity contribution in [1.29, 1.82) is 0 Å². The van der Waals surface area contributed by atoms with Gasteiger partial charge in [-0.25, -0.2) is 4.39 Å². The SMILES string of the molecule is CCC(CC)(CN)C(=O)Nc1cc(F)ccc1Br. The molecular weight excluding hydrogens is 299 g/mol. The summed E-state index contributed by atoms with van der Waals surface area (Å²) in [7, 11) is 0. The first-order chi connectivity index (χ1) is 8.49. The highest BCUT2D eigenvalue weighted by Crippen LogP contribution is 2.29. The van der Waals surface area contributed by atoms with Gasteiger partial charge in [0.05, 0.1) is 11.1 Å². The standard InChI is InChI=1S/C13H18BrFN2O/c1-3-13(4-2,8-16)12(18)17-11-7-9(15)5-6-10(11)14/h5-7H,3-4,8,16H2,1-2H3,(H,17,18). The number of hydrogen-bond donors (Lipinski definition) is 2. The van der Waals surface area contributed by atoms with Crippen LogP contribution >= 0.6 is 15.9 Å². The molecule has 0 atom stereocenters. The van der Waals surface area contributed by atoms with Crippen LogP contribution in [-0.4, -0.2) is 12.5 Å². The fourth-order valence-electron chi connectivity index (χ4n) is 1.80. The van der Waals surface area contributed by atoms with Crippen LogP contribution in [0.5, 0.6) is 0 Å². The number of amides is 1. The summed E-state index contributed by atoms with van der Waals surface area (Å²) in [6.07, 6.45) is 1.30. The molecule has 1 amide bonds. The van der Waals surface area contributed by atoms with Crippen LogP contribution in [0, 0.1) is 11.2 Å². The second kappa shape index (κ2) is 6.29. The summed E-state index contributed by atoms with van der Waals surface area (Å²) < 4.78 is 13.8. The van der Waals surface area contributed by atoms with Gasteiger partial charge in [0.2, 0.25) is 5.91 Å². The number of hydrogen-bond acceptors (Lipinski definition) is 2. The molecule has 0 aliphatic heterocycles. The van der Waals surface area contributed by atoms with E-state index in [0.29, 0.717) is 23.0 Å². The van der Waals surface area contributed by atoms with Gasteiger partial charge in [-0.15, -0.1) is 0 Å². The van der Waals surface area contributed by atoms with Crippen LogP contribution in [0.4, 0.5) is 10.1 Å². The minimum Gasteiger partial charge on any atom is -0.329 e. The third kappa shape index (κ3) is 3.09.